The molecule has 3 nitrogen and oxygen atoms in total. The van der Waals surface area contributed by atoms with Crippen LogP contribution in [0.25, 0.3) is 11.0 Å². The maximum Gasteiger partial charge on any atom is 0.340 e. The Kier molecular flexibility index (Phi) is 4.20. The van der Waals surface area contributed by atoms with Gasteiger partial charge in [0.1, 0.15) is 5.58 Å². The van der Waals surface area contributed by atoms with Gasteiger partial charge < -0.3 is 9.32 Å². The van der Waals surface area contributed by atoms with Crippen molar-refractivity contribution in [2.45, 2.75) is 26.0 Å². The minimum absolute atomic E-state index is 0.122. The summed E-state index contributed by atoms with van der Waals surface area (Å²) in [5.41, 5.74) is 2.01. The molecule has 0 spiro atoms. The lowest BCUT2D eigenvalue weighted by atomic mass is 10.1. The highest BCUT2D eigenvalue weighted by Gasteiger charge is 2.10. The highest BCUT2D eigenvalue weighted by molar-refractivity contribution is 7.80. The van der Waals surface area contributed by atoms with Gasteiger partial charge in [-0.25, -0.2) is 4.79 Å². The molecule has 0 aliphatic heterocycles. The highest BCUT2D eigenvalue weighted by Crippen LogP contribution is 2.24. The van der Waals surface area contributed by atoms with Crippen LogP contribution in [0.5, 0.6) is 0 Å². The summed E-state index contributed by atoms with van der Waals surface area (Å²) in [6, 6.07) is 7.84. The van der Waals surface area contributed by atoms with Crippen molar-refractivity contribution < 1.29 is 4.42 Å². The van der Waals surface area contributed by atoms with E-state index in [-0.39, 0.29) is 10.9 Å². The van der Waals surface area contributed by atoms with Crippen molar-refractivity contribution in [1.82, 2.24) is 0 Å². The number of hydrogen-bond donors (Lipinski definition) is 1. The van der Waals surface area contributed by atoms with Crippen LogP contribution in [0, 0.1) is 0 Å². The third-order valence-corrected chi connectivity index (χ3v) is 3.60. The summed E-state index contributed by atoms with van der Waals surface area (Å²) >= 11 is 4.30. The molecule has 0 radical (unpaired) electrons. The van der Waals surface area contributed by atoms with Crippen molar-refractivity contribution in [1.29, 1.82) is 0 Å². The topological polar surface area (TPSA) is 33.5 Å². The summed E-state index contributed by atoms with van der Waals surface area (Å²) in [5.74, 6) is 0. The number of benzene rings is 1. The van der Waals surface area contributed by atoms with Gasteiger partial charge in [0.2, 0.25) is 0 Å². The SMILES string of the molecule is CCN(CC)c1ccc2cc(C(C)S)c(=O)oc2c1. The van der Waals surface area contributed by atoms with E-state index in [2.05, 4.69) is 37.4 Å². The predicted molar refractivity (Wildman–Crippen MR) is 83.4 cm³/mol. The molecular formula is C15H19NO2S. The van der Waals surface area contributed by atoms with Crippen LogP contribution in [0.3, 0.4) is 0 Å². The van der Waals surface area contributed by atoms with E-state index in [1.165, 1.54) is 0 Å². The molecule has 0 aliphatic rings. The molecule has 2 rings (SSSR count). The number of fused-ring (bicyclic) bond motifs is 1. The third-order valence-electron chi connectivity index (χ3n) is 3.33. The first-order valence-corrected chi connectivity index (χ1v) is 7.09. The molecule has 1 unspecified atom stereocenters. The molecule has 0 saturated carbocycles. The zero-order valence-electron chi connectivity index (χ0n) is 11.5. The molecule has 0 fully saturated rings. The molecule has 1 heterocycles. The Morgan fingerprint density at radius 2 is 1.95 bits per heavy atom. The van der Waals surface area contributed by atoms with Crippen LogP contribution in [0.4, 0.5) is 5.69 Å². The minimum Gasteiger partial charge on any atom is -0.422 e. The molecule has 4 heteroatoms. The van der Waals surface area contributed by atoms with Gasteiger partial charge in [-0.05, 0) is 39.0 Å². The van der Waals surface area contributed by atoms with Crippen molar-refractivity contribution in [2.24, 2.45) is 0 Å². The summed E-state index contributed by atoms with van der Waals surface area (Å²) in [4.78, 5) is 14.1. The zero-order valence-corrected chi connectivity index (χ0v) is 12.4. The summed E-state index contributed by atoms with van der Waals surface area (Å²) in [6.45, 7) is 7.94. The van der Waals surface area contributed by atoms with Crippen LogP contribution < -0.4 is 10.5 Å². The molecule has 0 bridgehead atoms. The Balaban J connectivity index is 2.56. The number of hydrogen-bond acceptors (Lipinski definition) is 4. The lowest BCUT2D eigenvalue weighted by Crippen LogP contribution is -2.21. The van der Waals surface area contributed by atoms with E-state index in [0.29, 0.717) is 11.1 Å². The summed E-state index contributed by atoms with van der Waals surface area (Å²) < 4.78 is 5.40. The van der Waals surface area contributed by atoms with Crippen LogP contribution in [0.1, 0.15) is 31.6 Å². The maximum atomic E-state index is 11.9. The molecular weight excluding hydrogens is 258 g/mol. The second kappa shape index (κ2) is 5.70. The largest absolute Gasteiger partial charge is 0.422 e. The molecule has 0 N–H and O–H groups in total. The van der Waals surface area contributed by atoms with Gasteiger partial charge in [0, 0.05) is 35.5 Å². The van der Waals surface area contributed by atoms with Crippen LogP contribution >= 0.6 is 12.6 Å². The maximum absolute atomic E-state index is 11.9. The fraction of sp³-hybridized carbons (Fsp3) is 0.400. The Bertz CT molecular complexity index is 630. The van der Waals surface area contributed by atoms with E-state index in [9.17, 15) is 4.79 Å². The molecule has 0 aliphatic carbocycles. The molecule has 1 atom stereocenters. The molecule has 0 saturated heterocycles. The lowest BCUT2D eigenvalue weighted by Gasteiger charge is -2.21. The Labute approximate surface area is 118 Å². The number of thiol groups is 1. The van der Waals surface area contributed by atoms with E-state index in [4.69, 9.17) is 4.42 Å². The van der Waals surface area contributed by atoms with Gasteiger partial charge in [0.25, 0.3) is 0 Å². The average molecular weight is 277 g/mol. The number of anilines is 1. The molecule has 19 heavy (non-hydrogen) atoms. The van der Waals surface area contributed by atoms with E-state index < -0.39 is 0 Å². The summed E-state index contributed by atoms with van der Waals surface area (Å²) in [6.07, 6.45) is 0. The number of nitrogens with zero attached hydrogens (tertiary/aromatic N) is 1. The average Bonchev–Trinajstić information content (AvgIpc) is 2.38. The van der Waals surface area contributed by atoms with E-state index in [1.54, 1.807) is 0 Å². The van der Waals surface area contributed by atoms with E-state index in [1.807, 2.05) is 25.1 Å². The fourth-order valence-corrected chi connectivity index (χ4v) is 2.37. The van der Waals surface area contributed by atoms with Crippen molar-refractivity contribution in [3.8, 4) is 0 Å². The van der Waals surface area contributed by atoms with Crippen LogP contribution in [0.2, 0.25) is 0 Å². The Hall–Kier alpha value is -1.42. The van der Waals surface area contributed by atoms with Gasteiger partial charge in [0.05, 0.1) is 5.56 Å². The first-order chi connectivity index (χ1) is 9.06. The monoisotopic (exact) mass is 277 g/mol. The van der Waals surface area contributed by atoms with Gasteiger partial charge in [-0.15, -0.1) is 0 Å². The van der Waals surface area contributed by atoms with Crippen LogP contribution in [-0.2, 0) is 0 Å². The van der Waals surface area contributed by atoms with Crippen LogP contribution in [-0.4, -0.2) is 13.1 Å². The van der Waals surface area contributed by atoms with Crippen molar-refractivity contribution in [3.63, 3.8) is 0 Å². The smallest absolute Gasteiger partial charge is 0.340 e. The molecule has 2 aromatic rings. The lowest BCUT2D eigenvalue weighted by molar-refractivity contribution is 0.551. The Morgan fingerprint density at radius 1 is 1.26 bits per heavy atom. The van der Waals surface area contributed by atoms with Crippen molar-refractivity contribution in [3.05, 3.63) is 40.2 Å². The van der Waals surface area contributed by atoms with Gasteiger partial charge in [-0.2, -0.15) is 12.6 Å². The predicted octanol–water partition coefficient (Wildman–Crippen LogP) is 3.63. The molecule has 102 valence electrons. The Morgan fingerprint density at radius 3 is 2.53 bits per heavy atom. The summed E-state index contributed by atoms with van der Waals surface area (Å²) in [7, 11) is 0. The second-order valence-corrected chi connectivity index (χ2v) is 5.33. The molecule has 1 aromatic heterocycles. The number of rotatable bonds is 4. The first-order valence-electron chi connectivity index (χ1n) is 6.57. The second-order valence-electron chi connectivity index (χ2n) is 4.56. The van der Waals surface area contributed by atoms with Crippen molar-refractivity contribution in [2.75, 3.05) is 18.0 Å². The quantitative estimate of drug-likeness (QED) is 0.684. The first kappa shape index (κ1) is 14.0. The van der Waals surface area contributed by atoms with Gasteiger partial charge >= 0.3 is 5.63 Å². The van der Waals surface area contributed by atoms with Gasteiger partial charge in [0.15, 0.2) is 0 Å². The van der Waals surface area contributed by atoms with Gasteiger partial charge in [-0.1, -0.05) is 0 Å². The molecule has 0 amide bonds. The molecule has 1 aromatic carbocycles. The van der Waals surface area contributed by atoms with Crippen molar-refractivity contribution >= 4 is 29.3 Å². The normalized spacial score (nSPS) is 12.6. The minimum atomic E-state index is -0.299. The van der Waals surface area contributed by atoms with Gasteiger partial charge in [-0.3, -0.25) is 0 Å². The highest BCUT2D eigenvalue weighted by atomic mass is 32.1. The van der Waals surface area contributed by atoms with E-state index >= 15 is 0 Å². The standard InChI is InChI=1S/C15H19NO2S/c1-4-16(5-2)12-7-6-11-8-13(10(3)19)15(17)18-14(11)9-12/h6-10,19H,4-5H2,1-3H3. The van der Waals surface area contributed by atoms with Crippen LogP contribution in [0.15, 0.2) is 33.5 Å². The third kappa shape index (κ3) is 2.78. The van der Waals surface area contributed by atoms with E-state index in [0.717, 1.165) is 24.2 Å². The summed E-state index contributed by atoms with van der Waals surface area (Å²) in [5, 5.41) is 0.814. The zero-order chi connectivity index (χ0) is 14.0. The fourth-order valence-electron chi connectivity index (χ4n) is 2.19.